The van der Waals surface area contributed by atoms with Gasteiger partial charge in [-0.3, -0.25) is 4.79 Å². The zero-order valence-electron chi connectivity index (χ0n) is 11.6. The summed E-state index contributed by atoms with van der Waals surface area (Å²) in [4.78, 5) is 11.7. The second-order valence-corrected chi connectivity index (χ2v) is 4.64. The Morgan fingerprint density at radius 2 is 1.95 bits per heavy atom. The van der Waals surface area contributed by atoms with Gasteiger partial charge in [0, 0.05) is 11.7 Å². The minimum absolute atomic E-state index is 0.0987. The van der Waals surface area contributed by atoms with E-state index < -0.39 is 0 Å². The molecular weight excluding hydrogens is 244 g/mol. The highest BCUT2D eigenvalue weighted by Crippen LogP contribution is 2.14. The lowest BCUT2D eigenvalue weighted by Crippen LogP contribution is -2.36. The fourth-order valence-corrected chi connectivity index (χ4v) is 1.74. The monoisotopic (exact) mass is 266 g/mol. The fourth-order valence-electron chi connectivity index (χ4n) is 1.74. The highest BCUT2D eigenvalue weighted by Gasteiger charge is 2.08. The fraction of sp³-hybridized carbons (Fsp3) is 0.500. The predicted molar refractivity (Wildman–Crippen MR) is 75.4 cm³/mol. The summed E-state index contributed by atoms with van der Waals surface area (Å²) in [6, 6.07) is 7.26. The molecule has 19 heavy (non-hydrogen) atoms. The van der Waals surface area contributed by atoms with E-state index in [0.717, 1.165) is 11.4 Å². The van der Waals surface area contributed by atoms with Gasteiger partial charge in [-0.05, 0) is 44.5 Å². The smallest absolute Gasteiger partial charge is 0.238 e. The number of hydrogen-bond acceptors (Lipinski definition) is 4. The Labute approximate surface area is 114 Å². The van der Waals surface area contributed by atoms with Crippen molar-refractivity contribution in [3.8, 4) is 5.75 Å². The van der Waals surface area contributed by atoms with Crippen LogP contribution in [0.25, 0.3) is 0 Å². The van der Waals surface area contributed by atoms with Crippen molar-refractivity contribution in [1.82, 2.24) is 5.32 Å². The van der Waals surface area contributed by atoms with E-state index in [1.165, 1.54) is 0 Å². The van der Waals surface area contributed by atoms with Crippen molar-refractivity contribution < 1.29 is 14.6 Å². The predicted octanol–water partition coefficient (Wildman–Crippen LogP) is 1.38. The van der Waals surface area contributed by atoms with Crippen LogP contribution in [-0.4, -0.2) is 36.8 Å². The van der Waals surface area contributed by atoms with Crippen LogP contribution < -0.4 is 15.4 Å². The van der Waals surface area contributed by atoms with Crippen LogP contribution in [0.3, 0.4) is 0 Å². The Kier molecular flexibility index (Phi) is 6.32. The molecule has 5 heteroatoms. The Balaban J connectivity index is 2.34. The molecule has 3 N–H and O–H groups in total. The van der Waals surface area contributed by atoms with Crippen LogP contribution in [0, 0.1) is 0 Å². The van der Waals surface area contributed by atoms with Gasteiger partial charge in [0.2, 0.25) is 5.91 Å². The molecule has 1 aromatic carbocycles. The summed E-state index contributed by atoms with van der Waals surface area (Å²) in [7, 11) is 1.60. The first kappa shape index (κ1) is 15.5. The molecule has 1 amide bonds. The zero-order chi connectivity index (χ0) is 14.3. The molecule has 2 atom stereocenters. The van der Waals surface area contributed by atoms with E-state index in [1.54, 1.807) is 38.3 Å². The molecule has 0 aliphatic heterocycles. The third-order valence-electron chi connectivity index (χ3n) is 2.68. The molecule has 0 bridgehead atoms. The van der Waals surface area contributed by atoms with Crippen LogP contribution >= 0.6 is 0 Å². The van der Waals surface area contributed by atoms with Gasteiger partial charge >= 0.3 is 0 Å². The van der Waals surface area contributed by atoms with E-state index >= 15 is 0 Å². The van der Waals surface area contributed by atoms with Crippen molar-refractivity contribution in [2.24, 2.45) is 0 Å². The van der Waals surface area contributed by atoms with Crippen molar-refractivity contribution in [2.45, 2.75) is 32.4 Å². The number of hydrogen-bond donors (Lipinski definition) is 3. The van der Waals surface area contributed by atoms with Crippen LogP contribution in [0.1, 0.15) is 20.3 Å². The van der Waals surface area contributed by atoms with Gasteiger partial charge in [-0.15, -0.1) is 0 Å². The molecule has 1 rings (SSSR count). The van der Waals surface area contributed by atoms with Gasteiger partial charge in [0.1, 0.15) is 5.75 Å². The molecular formula is C14H22N2O3. The molecule has 0 saturated carbocycles. The quantitative estimate of drug-likeness (QED) is 0.697. The number of benzene rings is 1. The highest BCUT2D eigenvalue weighted by molar-refractivity contribution is 5.92. The number of carbonyl (C=O) groups excluding carboxylic acids is 1. The second kappa shape index (κ2) is 7.76. The Bertz CT molecular complexity index is 390. The summed E-state index contributed by atoms with van der Waals surface area (Å²) in [6.07, 6.45) is 0.252. The summed E-state index contributed by atoms with van der Waals surface area (Å²) >= 11 is 0. The van der Waals surface area contributed by atoms with E-state index in [-0.39, 0.29) is 24.6 Å². The first-order chi connectivity index (χ1) is 9.01. The van der Waals surface area contributed by atoms with Crippen LogP contribution in [-0.2, 0) is 4.79 Å². The number of amides is 1. The zero-order valence-corrected chi connectivity index (χ0v) is 11.6. The minimum Gasteiger partial charge on any atom is -0.497 e. The third-order valence-corrected chi connectivity index (χ3v) is 2.68. The van der Waals surface area contributed by atoms with Gasteiger partial charge in [-0.25, -0.2) is 0 Å². The van der Waals surface area contributed by atoms with Crippen molar-refractivity contribution in [2.75, 3.05) is 19.0 Å². The summed E-state index contributed by atoms with van der Waals surface area (Å²) in [6.45, 7) is 3.89. The number of methoxy groups -OCH3 is 1. The van der Waals surface area contributed by atoms with Crippen molar-refractivity contribution >= 4 is 11.6 Å². The number of aliphatic hydroxyl groups is 1. The summed E-state index contributed by atoms with van der Waals surface area (Å²) in [5.74, 6) is 0.643. The molecule has 0 aliphatic rings. The maximum Gasteiger partial charge on any atom is 0.238 e. The molecule has 0 spiro atoms. The molecule has 2 unspecified atom stereocenters. The van der Waals surface area contributed by atoms with Crippen molar-refractivity contribution in [1.29, 1.82) is 0 Å². The van der Waals surface area contributed by atoms with Gasteiger partial charge < -0.3 is 20.5 Å². The van der Waals surface area contributed by atoms with Crippen LogP contribution in [0.5, 0.6) is 5.75 Å². The second-order valence-electron chi connectivity index (χ2n) is 4.64. The Morgan fingerprint density at radius 3 is 2.47 bits per heavy atom. The van der Waals surface area contributed by atoms with Crippen molar-refractivity contribution in [3.05, 3.63) is 24.3 Å². The molecule has 0 radical (unpaired) electrons. The van der Waals surface area contributed by atoms with E-state index in [9.17, 15) is 9.90 Å². The SMILES string of the molecule is COc1ccc(NC(=O)CNC(C)CC(C)O)cc1. The van der Waals surface area contributed by atoms with E-state index in [4.69, 9.17) is 4.74 Å². The molecule has 106 valence electrons. The number of ether oxygens (including phenoxy) is 1. The number of rotatable bonds is 7. The molecule has 0 aromatic heterocycles. The number of anilines is 1. The molecule has 0 heterocycles. The van der Waals surface area contributed by atoms with Gasteiger partial charge in [-0.1, -0.05) is 0 Å². The molecule has 0 saturated heterocycles. The van der Waals surface area contributed by atoms with Gasteiger partial charge in [0.15, 0.2) is 0 Å². The lowest BCUT2D eigenvalue weighted by atomic mass is 10.1. The number of nitrogens with one attached hydrogen (secondary N) is 2. The van der Waals surface area contributed by atoms with Crippen molar-refractivity contribution in [3.63, 3.8) is 0 Å². The van der Waals surface area contributed by atoms with E-state index in [0.29, 0.717) is 6.42 Å². The topological polar surface area (TPSA) is 70.6 Å². The molecule has 1 aromatic rings. The molecule has 0 aliphatic carbocycles. The van der Waals surface area contributed by atoms with E-state index in [2.05, 4.69) is 10.6 Å². The minimum atomic E-state index is -0.368. The number of aliphatic hydroxyl groups excluding tert-OH is 1. The first-order valence-corrected chi connectivity index (χ1v) is 6.36. The highest BCUT2D eigenvalue weighted by atomic mass is 16.5. The lowest BCUT2D eigenvalue weighted by molar-refractivity contribution is -0.115. The lowest BCUT2D eigenvalue weighted by Gasteiger charge is -2.15. The summed E-state index contributed by atoms with van der Waals surface area (Å²) in [5.41, 5.74) is 0.732. The third kappa shape index (κ3) is 6.22. The standard InChI is InChI=1S/C14H22N2O3/c1-10(8-11(2)17)15-9-14(18)16-12-4-6-13(19-3)7-5-12/h4-7,10-11,15,17H,8-9H2,1-3H3,(H,16,18). The van der Waals surface area contributed by atoms with Gasteiger partial charge in [0.25, 0.3) is 0 Å². The largest absolute Gasteiger partial charge is 0.497 e. The molecule has 0 fully saturated rings. The van der Waals surface area contributed by atoms with Crippen LogP contribution in [0.4, 0.5) is 5.69 Å². The summed E-state index contributed by atoms with van der Waals surface area (Å²) in [5, 5.41) is 15.1. The van der Waals surface area contributed by atoms with Gasteiger partial charge in [0.05, 0.1) is 19.8 Å². The average molecular weight is 266 g/mol. The Morgan fingerprint density at radius 1 is 1.32 bits per heavy atom. The van der Waals surface area contributed by atoms with Crippen LogP contribution in [0.2, 0.25) is 0 Å². The molecule has 5 nitrogen and oxygen atoms in total. The van der Waals surface area contributed by atoms with Crippen LogP contribution in [0.15, 0.2) is 24.3 Å². The summed E-state index contributed by atoms with van der Waals surface area (Å²) < 4.78 is 5.04. The maximum atomic E-state index is 11.7. The number of carbonyl (C=O) groups is 1. The van der Waals surface area contributed by atoms with E-state index in [1.807, 2.05) is 6.92 Å². The maximum absolute atomic E-state index is 11.7. The van der Waals surface area contributed by atoms with Gasteiger partial charge in [-0.2, -0.15) is 0 Å². The Hall–Kier alpha value is -1.59. The normalized spacial score (nSPS) is 13.7. The first-order valence-electron chi connectivity index (χ1n) is 6.36. The average Bonchev–Trinajstić information content (AvgIpc) is 2.36.